The zero-order valence-corrected chi connectivity index (χ0v) is 11.4. The predicted molar refractivity (Wildman–Crippen MR) is 66.9 cm³/mol. The predicted octanol–water partition coefficient (Wildman–Crippen LogP) is 0.575. The summed E-state index contributed by atoms with van der Waals surface area (Å²) in [6.45, 7) is 4.04. The van der Waals surface area contributed by atoms with Crippen molar-refractivity contribution in [2.24, 2.45) is 0 Å². The highest BCUT2D eigenvalue weighted by Gasteiger charge is 2.47. The molecular formula is C12H21N3O3. The molecule has 0 aliphatic carbocycles. The van der Waals surface area contributed by atoms with Crippen molar-refractivity contribution in [2.45, 2.75) is 38.6 Å². The molecule has 0 aromatic heterocycles. The van der Waals surface area contributed by atoms with Gasteiger partial charge in [0.15, 0.2) is 0 Å². The molecule has 18 heavy (non-hydrogen) atoms. The highest BCUT2D eigenvalue weighted by atomic mass is 16.2. The summed E-state index contributed by atoms with van der Waals surface area (Å²) in [7, 11) is 3.40. The van der Waals surface area contributed by atoms with Gasteiger partial charge in [-0.2, -0.15) is 0 Å². The monoisotopic (exact) mass is 255 g/mol. The summed E-state index contributed by atoms with van der Waals surface area (Å²) in [5.41, 5.74) is -0.780. The number of carbonyl (C=O) groups excluding carboxylic acids is 3. The van der Waals surface area contributed by atoms with Gasteiger partial charge in [-0.15, -0.1) is 0 Å². The highest BCUT2D eigenvalue weighted by molar-refractivity contribution is 6.06. The molecule has 1 saturated heterocycles. The van der Waals surface area contributed by atoms with Crippen LogP contribution < -0.4 is 5.32 Å². The lowest BCUT2D eigenvalue weighted by Crippen LogP contribution is -2.47. The fourth-order valence-electron chi connectivity index (χ4n) is 1.96. The maximum Gasteiger partial charge on any atom is 0.325 e. The minimum absolute atomic E-state index is 0.0270. The third-order valence-corrected chi connectivity index (χ3v) is 3.51. The van der Waals surface area contributed by atoms with Gasteiger partial charge in [-0.25, -0.2) is 4.79 Å². The van der Waals surface area contributed by atoms with Gasteiger partial charge < -0.3 is 9.80 Å². The van der Waals surface area contributed by atoms with Crippen molar-refractivity contribution in [1.82, 2.24) is 15.1 Å². The first-order valence-electron chi connectivity index (χ1n) is 6.16. The second-order valence-electron chi connectivity index (χ2n) is 4.93. The van der Waals surface area contributed by atoms with Crippen molar-refractivity contribution in [2.75, 3.05) is 20.6 Å². The lowest BCUT2D eigenvalue weighted by atomic mass is 9.97. The molecule has 4 amide bonds. The Morgan fingerprint density at radius 3 is 2.50 bits per heavy atom. The average molecular weight is 255 g/mol. The van der Waals surface area contributed by atoms with Gasteiger partial charge in [0, 0.05) is 27.1 Å². The maximum absolute atomic E-state index is 11.7. The van der Waals surface area contributed by atoms with Crippen LogP contribution in [-0.4, -0.2) is 53.8 Å². The van der Waals surface area contributed by atoms with E-state index in [0.29, 0.717) is 25.8 Å². The second-order valence-corrected chi connectivity index (χ2v) is 4.93. The molecule has 0 aromatic carbocycles. The first-order valence-corrected chi connectivity index (χ1v) is 6.16. The minimum atomic E-state index is -0.780. The molecule has 0 spiro atoms. The fraction of sp³-hybridized carbons (Fsp3) is 0.750. The van der Waals surface area contributed by atoms with Crippen molar-refractivity contribution in [3.8, 4) is 0 Å². The molecule has 1 fully saturated rings. The molecule has 0 bridgehead atoms. The summed E-state index contributed by atoms with van der Waals surface area (Å²) >= 11 is 0. The summed E-state index contributed by atoms with van der Waals surface area (Å²) in [6.07, 6.45) is 1.50. The Bertz CT molecular complexity index is 368. The molecule has 0 radical (unpaired) electrons. The first kappa shape index (κ1) is 14.5. The molecule has 6 nitrogen and oxygen atoms in total. The van der Waals surface area contributed by atoms with Crippen LogP contribution in [-0.2, 0) is 9.59 Å². The van der Waals surface area contributed by atoms with Crippen LogP contribution in [0.15, 0.2) is 0 Å². The number of carbonyl (C=O) groups is 3. The van der Waals surface area contributed by atoms with Crippen molar-refractivity contribution in [3.63, 3.8) is 0 Å². The maximum atomic E-state index is 11.7. The minimum Gasteiger partial charge on any atom is -0.349 e. The van der Waals surface area contributed by atoms with E-state index < -0.39 is 5.54 Å². The van der Waals surface area contributed by atoms with Crippen molar-refractivity contribution >= 4 is 17.8 Å². The number of hydrogen-bond acceptors (Lipinski definition) is 3. The Morgan fingerprint density at radius 2 is 2.00 bits per heavy atom. The van der Waals surface area contributed by atoms with E-state index in [1.165, 1.54) is 9.80 Å². The van der Waals surface area contributed by atoms with Crippen LogP contribution in [0.5, 0.6) is 0 Å². The van der Waals surface area contributed by atoms with Crippen LogP contribution in [0.1, 0.15) is 33.1 Å². The van der Waals surface area contributed by atoms with Crippen molar-refractivity contribution in [3.05, 3.63) is 0 Å². The zero-order chi connectivity index (χ0) is 13.9. The summed E-state index contributed by atoms with van der Waals surface area (Å²) in [5, 5.41) is 2.32. The van der Waals surface area contributed by atoms with E-state index in [2.05, 4.69) is 5.32 Å². The van der Waals surface area contributed by atoms with E-state index in [0.717, 1.165) is 0 Å². The molecule has 1 aliphatic rings. The largest absolute Gasteiger partial charge is 0.349 e. The van der Waals surface area contributed by atoms with Gasteiger partial charge in [0.25, 0.3) is 5.91 Å². The zero-order valence-electron chi connectivity index (χ0n) is 11.4. The Hall–Kier alpha value is -1.59. The Kier molecular flexibility index (Phi) is 4.32. The average Bonchev–Trinajstić information content (AvgIpc) is 2.52. The molecule has 6 heteroatoms. The Labute approximate surface area is 107 Å². The standard InChI is InChI=1S/C12H21N3O3/c1-5-12(2)10(17)13-11(18)15(12)8-6-7-9(16)14(3)4/h5-8H2,1-4H3,(H,13,17,18). The molecule has 0 aromatic rings. The van der Waals surface area contributed by atoms with Crippen LogP contribution in [0.3, 0.4) is 0 Å². The van der Waals surface area contributed by atoms with E-state index >= 15 is 0 Å². The van der Waals surface area contributed by atoms with Crippen LogP contribution in [0.4, 0.5) is 4.79 Å². The summed E-state index contributed by atoms with van der Waals surface area (Å²) in [6, 6.07) is -0.360. The molecule has 0 saturated carbocycles. The number of imide groups is 1. The quantitative estimate of drug-likeness (QED) is 0.730. The van der Waals surface area contributed by atoms with Crippen LogP contribution in [0.25, 0.3) is 0 Å². The summed E-state index contributed by atoms with van der Waals surface area (Å²) < 4.78 is 0. The third-order valence-electron chi connectivity index (χ3n) is 3.51. The molecule has 1 atom stereocenters. The van der Waals surface area contributed by atoms with Gasteiger partial charge in [-0.05, 0) is 19.8 Å². The molecule has 102 valence electrons. The molecule has 1 heterocycles. The normalized spacial score (nSPS) is 23.2. The number of nitrogens with one attached hydrogen (secondary N) is 1. The van der Waals surface area contributed by atoms with E-state index in [1.54, 1.807) is 21.0 Å². The number of urea groups is 1. The lowest BCUT2D eigenvalue weighted by molar-refractivity contribution is -0.128. The van der Waals surface area contributed by atoms with Crippen molar-refractivity contribution < 1.29 is 14.4 Å². The van der Waals surface area contributed by atoms with Gasteiger partial charge in [-0.3, -0.25) is 14.9 Å². The molecule has 1 aliphatic heterocycles. The summed E-state index contributed by atoms with van der Waals surface area (Å²) in [5.74, 6) is -0.229. The van der Waals surface area contributed by atoms with Crippen molar-refractivity contribution in [1.29, 1.82) is 0 Å². The molecule has 1 unspecified atom stereocenters. The number of nitrogens with zero attached hydrogens (tertiary/aromatic N) is 2. The SMILES string of the molecule is CCC1(C)C(=O)NC(=O)N1CCCC(=O)N(C)C. The third kappa shape index (κ3) is 2.63. The highest BCUT2D eigenvalue weighted by Crippen LogP contribution is 2.25. The van der Waals surface area contributed by atoms with E-state index in [1.807, 2.05) is 6.92 Å². The number of amides is 4. The van der Waals surface area contributed by atoms with E-state index in [4.69, 9.17) is 0 Å². The van der Waals surface area contributed by atoms with Gasteiger partial charge in [-0.1, -0.05) is 6.92 Å². The fourth-order valence-corrected chi connectivity index (χ4v) is 1.96. The van der Waals surface area contributed by atoms with Gasteiger partial charge in [0.2, 0.25) is 5.91 Å². The topological polar surface area (TPSA) is 69.7 Å². The molecule has 1 N–H and O–H groups in total. The molecule has 1 rings (SSSR count). The van der Waals surface area contributed by atoms with E-state index in [9.17, 15) is 14.4 Å². The summed E-state index contributed by atoms with van der Waals surface area (Å²) in [4.78, 5) is 37.9. The smallest absolute Gasteiger partial charge is 0.325 e. The van der Waals surface area contributed by atoms with Gasteiger partial charge >= 0.3 is 6.03 Å². The van der Waals surface area contributed by atoms with Gasteiger partial charge in [0.1, 0.15) is 5.54 Å². The Balaban J connectivity index is 2.58. The van der Waals surface area contributed by atoms with Crippen LogP contribution in [0.2, 0.25) is 0 Å². The first-order chi connectivity index (χ1) is 8.32. The number of hydrogen-bond donors (Lipinski definition) is 1. The lowest BCUT2D eigenvalue weighted by Gasteiger charge is -2.30. The Morgan fingerprint density at radius 1 is 1.39 bits per heavy atom. The molecular weight excluding hydrogens is 234 g/mol. The van der Waals surface area contributed by atoms with Gasteiger partial charge in [0.05, 0.1) is 0 Å². The van der Waals surface area contributed by atoms with Crippen LogP contribution >= 0.6 is 0 Å². The van der Waals surface area contributed by atoms with E-state index in [-0.39, 0.29) is 17.8 Å². The van der Waals surface area contributed by atoms with Crippen LogP contribution in [0, 0.1) is 0 Å². The second kappa shape index (κ2) is 5.37. The number of rotatable bonds is 5.